The van der Waals surface area contributed by atoms with E-state index in [0.29, 0.717) is 22.8 Å². The number of ether oxygens (including phenoxy) is 2. The van der Waals surface area contributed by atoms with Gasteiger partial charge in [-0.25, -0.2) is 9.78 Å². The molecule has 0 saturated carbocycles. The van der Waals surface area contributed by atoms with Crippen LogP contribution in [0.4, 0.5) is 10.8 Å². The summed E-state index contributed by atoms with van der Waals surface area (Å²) in [6.45, 7) is 1.77. The second kappa shape index (κ2) is 9.20. The number of carbonyl (C=O) groups excluding carboxylic acids is 2. The standard InChI is InChI=1S/C21H21N3O4S/c1-3-18(28-20(26)13-7-9-15(22)10-8-13)19(25)24-21-23-17(12-29-21)14-5-4-6-16(11-14)27-2/h4-12,18H,3,22H2,1-2H3,(H,23,24,25). The summed E-state index contributed by atoms with van der Waals surface area (Å²) in [5, 5.41) is 4.98. The molecule has 1 amide bonds. The molecule has 0 bridgehead atoms. The SMILES string of the molecule is CCC(OC(=O)c1ccc(N)cc1)C(=O)Nc1nc(-c2cccc(OC)c2)cs1. The molecule has 1 aromatic heterocycles. The summed E-state index contributed by atoms with van der Waals surface area (Å²) >= 11 is 1.29. The molecule has 3 N–H and O–H groups in total. The van der Waals surface area contributed by atoms with Crippen LogP contribution in [0.25, 0.3) is 11.3 Å². The number of hydrogen-bond donors (Lipinski definition) is 2. The van der Waals surface area contributed by atoms with Crippen molar-refractivity contribution in [1.82, 2.24) is 4.98 Å². The molecule has 0 aliphatic heterocycles. The number of carbonyl (C=O) groups is 2. The number of thiazole rings is 1. The molecule has 0 saturated heterocycles. The highest BCUT2D eigenvalue weighted by Crippen LogP contribution is 2.27. The van der Waals surface area contributed by atoms with E-state index in [2.05, 4.69) is 10.3 Å². The Morgan fingerprint density at radius 2 is 1.97 bits per heavy atom. The predicted molar refractivity (Wildman–Crippen MR) is 113 cm³/mol. The summed E-state index contributed by atoms with van der Waals surface area (Å²) in [7, 11) is 1.60. The summed E-state index contributed by atoms with van der Waals surface area (Å²) in [5.74, 6) is -0.284. The van der Waals surface area contributed by atoms with E-state index in [0.717, 1.165) is 17.0 Å². The van der Waals surface area contributed by atoms with E-state index >= 15 is 0 Å². The smallest absolute Gasteiger partial charge is 0.338 e. The average molecular weight is 411 g/mol. The average Bonchev–Trinajstić information content (AvgIpc) is 3.20. The van der Waals surface area contributed by atoms with Crippen LogP contribution in [-0.2, 0) is 9.53 Å². The van der Waals surface area contributed by atoms with Gasteiger partial charge in [0.25, 0.3) is 5.91 Å². The Hall–Kier alpha value is -3.39. The Bertz CT molecular complexity index is 1000. The lowest BCUT2D eigenvalue weighted by Crippen LogP contribution is -2.32. The zero-order chi connectivity index (χ0) is 20.8. The van der Waals surface area contributed by atoms with E-state index in [4.69, 9.17) is 15.2 Å². The van der Waals surface area contributed by atoms with E-state index < -0.39 is 18.0 Å². The van der Waals surface area contributed by atoms with Gasteiger partial charge in [0.2, 0.25) is 0 Å². The van der Waals surface area contributed by atoms with Crippen LogP contribution in [0.3, 0.4) is 0 Å². The molecular formula is C21H21N3O4S. The van der Waals surface area contributed by atoms with E-state index in [1.54, 1.807) is 38.3 Å². The highest BCUT2D eigenvalue weighted by Gasteiger charge is 2.23. The first-order valence-corrected chi connectivity index (χ1v) is 9.85. The molecule has 0 fully saturated rings. The van der Waals surface area contributed by atoms with Gasteiger partial charge in [0.05, 0.1) is 18.4 Å². The normalized spacial score (nSPS) is 11.5. The fourth-order valence-corrected chi connectivity index (χ4v) is 3.29. The number of nitrogens with zero attached hydrogens (tertiary/aromatic N) is 1. The number of benzene rings is 2. The molecule has 3 aromatic rings. The Balaban J connectivity index is 1.66. The number of hydrogen-bond acceptors (Lipinski definition) is 7. The number of amides is 1. The van der Waals surface area contributed by atoms with Crippen LogP contribution in [0.1, 0.15) is 23.7 Å². The monoisotopic (exact) mass is 411 g/mol. The van der Waals surface area contributed by atoms with Crippen molar-refractivity contribution >= 4 is 34.0 Å². The van der Waals surface area contributed by atoms with E-state index in [1.165, 1.54) is 11.3 Å². The van der Waals surface area contributed by atoms with Crippen molar-refractivity contribution in [3.63, 3.8) is 0 Å². The van der Waals surface area contributed by atoms with Crippen molar-refractivity contribution in [2.24, 2.45) is 0 Å². The second-order valence-corrected chi connectivity index (χ2v) is 7.04. The zero-order valence-corrected chi connectivity index (χ0v) is 16.9. The van der Waals surface area contributed by atoms with Gasteiger partial charge >= 0.3 is 5.97 Å². The van der Waals surface area contributed by atoms with E-state index in [1.807, 2.05) is 29.6 Å². The number of aromatic nitrogens is 1. The molecule has 0 aliphatic rings. The van der Waals surface area contributed by atoms with Crippen molar-refractivity contribution < 1.29 is 19.1 Å². The van der Waals surface area contributed by atoms with Gasteiger partial charge in [-0.2, -0.15) is 0 Å². The number of nitrogens with one attached hydrogen (secondary N) is 1. The molecule has 8 heteroatoms. The van der Waals surface area contributed by atoms with Crippen LogP contribution in [0.5, 0.6) is 5.75 Å². The summed E-state index contributed by atoms with van der Waals surface area (Å²) in [6, 6.07) is 13.8. The van der Waals surface area contributed by atoms with Gasteiger partial charge in [-0.05, 0) is 42.8 Å². The van der Waals surface area contributed by atoms with Gasteiger partial charge in [0, 0.05) is 16.6 Å². The first-order chi connectivity index (χ1) is 14.0. The van der Waals surface area contributed by atoms with Gasteiger partial charge < -0.3 is 15.2 Å². The Morgan fingerprint density at radius 3 is 2.66 bits per heavy atom. The number of nitrogen functional groups attached to an aromatic ring is 1. The van der Waals surface area contributed by atoms with Crippen molar-refractivity contribution in [3.05, 3.63) is 59.5 Å². The van der Waals surface area contributed by atoms with Crippen LogP contribution < -0.4 is 15.8 Å². The molecule has 2 aromatic carbocycles. The molecular weight excluding hydrogens is 390 g/mol. The van der Waals surface area contributed by atoms with E-state index in [9.17, 15) is 9.59 Å². The minimum atomic E-state index is -0.927. The van der Waals surface area contributed by atoms with E-state index in [-0.39, 0.29) is 0 Å². The van der Waals surface area contributed by atoms with Crippen molar-refractivity contribution in [3.8, 4) is 17.0 Å². The lowest BCUT2D eigenvalue weighted by atomic mass is 10.2. The number of rotatable bonds is 7. The molecule has 1 atom stereocenters. The molecule has 0 radical (unpaired) electrons. The summed E-state index contributed by atoms with van der Waals surface area (Å²) in [4.78, 5) is 29.2. The largest absolute Gasteiger partial charge is 0.497 e. The van der Waals surface area contributed by atoms with Crippen LogP contribution in [0, 0.1) is 0 Å². The number of esters is 1. The van der Waals surface area contributed by atoms with Gasteiger partial charge in [0.1, 0.15) is 5.75 Å². The second-order valence-electron chi connectivity index (χ2n) is 6.18. The van der Waals surface area contributed by atoms with Crippen LogP contribution in [0.2, 0.25) is 0 Å². The van der Waals surface area contributed by atoms with Gasteiger partial charge in [-0.15, -0.1) is 11.3 Å². The number of methoxy groups -OCH3 is 1. The van der Waals surface area contributed by atoms with Crippen molar-refractivity contribution in [2.75, 3.05) is 18.2 Å². The number of anilines is 2. The fourth-order valence-electron chi connectivity index (χ4n) is 2.57. The molecule has 0 spiro atoms. The lowest BCUT2D eigenvalue weighted by Gasteiger charge is -2.15. The minimum Gasteiger partial charge on any atom is -0.497 e. The fraction of sp³-hybridized carbons (Fsp3) is 0.190. The third-order valence-corrected chi connectivity index (χ3v) is 4.92. The van der Waals surface area contributed by atoms with Gasteiger partial charge in [-0.1, -0.05) is 19.1 Å². The molecule has 3 rings (SSSR count). The zero-order valence-electron chi connectivity index (χ0n) is 16.0. The molecule has 7 nitrogen and oxygen atoms in total. The van der Waals surface area contributed by atoms with Crippen molar-refractivity contribution in [1.29, 1.82) is 0 Å². The summed E-state index contributed by atoms with van der Waals surface area (Å²) in [5.41, 5.74) is 8.09. The Labute approximate surface area is 172 Å². The third-order valence-electron chi connectivity index (χ3n) is 4.16. The lowest BCUT2D eigenvalue weighted by molar-refractivity contribution is -0.124. The highest BCUT2D eigenvalue weighted by atomic mass is 32.1. The maximum absolute atomic E-state index is 12.5. The molecule has 29 heavy (non-hydrogen) atoms. The third kappa shape index (κ3) is 5.11. The maximum atomic E-state index is 12.5. The Morgan fingerprint density at radius 1 is 1.21 bits per heavy atom. The maximum Gasteiger partial charge on any atom is 0.338 e. The first-order valence-electron chi connectivity index (χ1n) is 8.97. The first kappa shape index (κ1) is 20.3. The van der Waals surface area contributed by atoms with Gasteiger partial charge in [0.15, 0.2) is 11.2 Å². The molecule has 1 heterocycles. The van der Waals surface area contributed by atoms with Gasteiger partial charge in [-0.3, -0.25) is 10.1 Å². The highest BCUT2D eigenvalue weighted by molar-refractivity contribution is 7.14. The molecule has 0 aliphatic carbocycles. The minimum absolute atomic E-state index is 0.333. The topological polar surface area (TPSA) is 104 Å². The van der Waals surface area contributed by atoms with Crippen LogP contribution in [-0.4, -0.2) is 30.1 Å². The van der Waals surface area contributed by atoms with Crippen LogP contribution >= 0.6 is 11.3 Å². The molecule has 150 valence electrons. The van der Waals surface area contributed by atoms with Crippen molar-refractivity contribution in [2.45, 2.75) is 19.4 Å². The predicted octanol–water partition coefficient (Wildman–Crippen LogP) is 3.98. The summed E-state index contributed by atoms with van der Waals surface area (Å²) < 4.78 is 10.6. The quantitative estimate of drug-likeness (QED) is 0.450. The number of nitrogens with two attached hydrogens (primary N) is 1. The van der Waals surface area contributed by atoms with Crippen LogP contribution in [0.15, 0.2) is 53.9 Å². The summed E-state index contributed by atoms with van der Waals surface area (Å²) in [6.07, 6.45) is -0.593. The molecule has 1 unspecified atom stereocenters. The Kier molecular flexibility index (Phi) is 6.46.